The Morgan fingerprint density at radius 1 is 1.25 bits per heavy atom. The van der Waals surface area contributed by atoms with Gasteiger partial charge in [0, 0.05) is 11.6 Å². The lowest BCUT2D eigenvalue weighted by molar-refractivity contribution is 0.348. The summed E-state index contributed by atoms with van der Waals surface area (Å²) in [4.78, 5) is 0. The molecule has 2 unspecified atom stereocenters. The predicted octanol–water partition coefficient (Wildman–Crippen LogP) is 2.37. The van der Waals surface area contributed by atoms with Crippen molar-refractivity contribution in [3.63, 3.8) is 0 Å². The molecule has 1 aromatic carbocycles. The van der Waals surface area contributed by atoms with Gasteiger partial charge in [0.2, 0.25) is 0 Å². The molecule has 1 saturated heterocycles. The number of ether oxygens (including phenoxy) is 2. The van der Waals surface area contributed by atoms with Gasteiger partial charge in [0.25, 0.3) is 0 Å². The first-order valence-electron chi connectivity index (χ1n) is 5.70. The topological polar surface area (TPSA) is 30.5 Å². The molecule has 3 nitrogen and oxygen atoms in total. The summed E-state index contributed by atoms with van der Waals surface area (Å²) in [7, 11) is 3.37. The minimum absolute atomic E-state index is 0.389. The van der Waals surface area contributed by atoms with Gasteiger partial charge in [-0.3, -0.25) is 0 Å². The quantitative estimate of drug-likeness (QED) is 0.850. The second kappa shape index (κ2) is 4.74. The molecule has 1 N–H and O–H groups in total. The molecule has 16 heavy (non-hydrogen) atoms. The third-order valence-corrected chi connectivity index (χ3v) is 3.16. The number of methoxy groups -OCH3 is 2. The number of nitrogens with one attached hydrogen (secondary N) is 1. The largest absolute Gasteiger partial charge is 0.493 e. The summed E-state index contributed by atoms with van der Waals surface area (Å²) < 4.78 is 10.8. The number of benzene rings is 1. The molecule has 0 bridgehead atoms. The maximum absolute atomic E-state index is 5.45. The first kappa shape index (κ1) is 11.3. The van der Waals surface area contributed by atoms with Crippen molar-refractivity contribution in [3.05, 3.63) is 23.8 Å². The van der Waals surface area contributed by atoms with Gasteiger partial charge in [0.15, 0.2) is 11.5 Å². The third kappa shape index (κ3) is 2.00. The summed E-state index contributed by atoms with van der Waals surface area (Å²) in [6.45, 7) is 3.34. The van der Waals surface area contributed by atoms with E-state index in [2.05, 4.69) is 18.3 Å². The molecule has 88 valence electrons. The van der Waals surface area contributed by atoms with Crippen LogP contribution in [0.3, 0.4) is 0 Å². The summed E-state index contributed by atoms with van der Waals surface area (Å²) in [5.41, 5.74) is 1.20. The minimum Gasteiger partial charge on any atom is -0.493 e. The molecule has 0 radical (unpaired) electrons. The van der Waals surface area contributed by atoms with Crippen LogP contribution in [0.4, 0.5) is 0 Å². The molecule has 1 heterocycles. The van der Waals surface area contributed by atoms with Crippen molar-refractivity contribution in [2.45, 2.75) is 19.4 Å². The van der Waals surface area contributed by atoms with Crippen molar-refractivity contribution in [2.75, 3.05) is 20.8 Å². The number of hydrogen-bond acceptors (Lipinski definition) is 3. The fraction of sp³-hybridized carbons (Fsp3) is 0.538. The van der Waals surface area contributed by atoms with Crippen LogP contribution in [0.1, 0.15) is 24.9 Å². The first-order chi connectivity index (χ1) is 7.76. The highest BCUT2D eigenvalue weighted by Gasteiger charge is 2.25. The Hall–Kier alpha value is -1.22. The van der Waals surface area contributed by atoms with Crippen LogP contribution in [0, 0.1) is 5.92 Å². The van der Waals surface area contributed by atoms with E-state index in [-0.39, 0.29) is 0 Å². The summed E-state index contributed by atoms with van der Waals surface area (Å²) in [5.74, 6) is 2.39. The van der Waals surface area contributed by atoms with Crippen LogP contribution >= 0.6 is 0 Å². The Labute approximate surface area is 96.8 Å². The first-order valence-corrected chi connectivity index (χ1v) is 5.70. The van der Waals surface area contributed by atoms with Gasteiger partial charge in [0.1, 0.15) is 0 Å². The van der Waals surface area contributed by atoms with Crippen molar-refractivity contribution in [1.29, 1.82) is 0 Å². The molecule has 1 aliphatic heterocycles. The second-order valence-corrected chi connectivity index (χ2v) is 4.38. The highest BCUT2D eigenvalue weighted by Crippen LogP contribution is 2.38. The van der Waals surface area contributed by atoms with E-state index < -0.39 is 0 Å². The molecule has 0 amide bonds. The molecule has 0 aromatic heterocycles. The average molecular weight is 221 g/mol. The lowest BCUT2D eigenvalue weighted by atomic mass is 10.00. The second-order valence-electron chi connectivity index (χ2n) is 4.38. The molecule has 1 aliphatic rings. The Morgan fingerprint density at radius 2 is 2.06 bits per heavy atom. The Kier molecular flexibility index (Phi) is 3.34. The Bertz CT molecular complexity index is 365. The summed E-state index contributed by atoms with van der Waals surface area (Å²) in [6, 6.07) is 6.44. The van der Waals surface area contributed by atoms with Crippen molar-refractivity contribution < 1.29 is 9.47 Å². The van der Waals surface area contributed by atoms with Crippen LogP contribution < -0.4 is 14.8 Å². The fourth-order valence-electron chi connectivity index (χ4n) is 2.34. The van der Waals surface area contributed by atoms with Crippen LogP contribution in [-0.4, -0.2) is 20.8 Å². The SMILES string of the molecule is COc1cccc(C2CC(C)CN2)c1OC. The van der Waals surface area contributed by atoms with E-state index in [9.17, 15) is 0 Å². The zero-order chi connectivity index (χ0) is 11.5. The van der Waals surface area contributed by atoms with Crippen LogP contribution in [0.5, 0.6) is 11.5 Å². The standard InChI is InChI=1S/C13H19NO2/c1-9-7-11(14-8-9)10-5-4-6-12(15-2)13(10)16-3/h4-6,9,11,14H,7-8H2,1-3H3. The van der Waals surface area contributed by atoms with Gasteiger partial charge in [-0.15, -0.1) is 0 Å². The molecule has 0 spiro atoms. The lowest BCUT2D eigenvalue weighted by Crippen LogP contribution is -2.14. The van der Waals surface area contributed by atoms with Crippen LogP contribution in [0.15, 0.2) is 18.2 Å². The summed E-state index contributed by atoms with van der Waals surface area (Å²) in [5, 5.41) is 3.51. The van der Waals surface area contributed by atoms with Crippen LogP contribution in [-0.2, 0) is 0 Å². The van der Waals surface area contributed by atoms with E-state index in [0.717, 1.165) is 30.4 Å². The maximum atomic E-state index is 5.45. The van der Waals surface area contributed by atoms with Crippen molar-refractivity contribution in [2.24, 2.45) is 5.92 Å². The zero-order valence-corrected chi connectivity index (χ0v) is 10.1. The lowest BCUT2D eigenvalue weighted by Gasteiger charge is -2.17. The monoisotopic (exact) mass is 221 g/mol. The molecule has 1 fully saturated rings. The van der Waals surface area contributed by atoms with Crippen molar-refractivity contribution >= 4 is 0 Å². The van der Waals surface area contributed by atoms with E-state index in [1.165, 1.54) is 5.56 Å². The molecule has 2 atom stereocenters. The normalized spacial score (nSPS) is 24.4. The van der Waals surface area contributed by atoms with Gasteiger partial charge >= 0.3 is 0 Å². The average Bonchev–Trinajstić information content (AvgIpc) is 2.74. The summed E-state index contributed by atoms with van der Waals surface area (Å²) in [6.07, 6.45) is 1.16. The number of para-hydroxylation sites is 1. The van der Waals surface area contributed by atoms with Crippen molar-refractivity contribution in [3.8, 4) is 11.5 Å². The Morgan fingerprint density at radius 3 is 2.62 bits per heavy atom. The highest BCUT2D eigenvalue weighted by molar-refractivity contribution is 5.48. The minimum atomic E-state index is 0.389. The molecule has 0 saturated carbocycles. The summed E-state index contributed by atoms with van der Waals surface area (Å²) >= 11 is 0. The van der Waals surface area contributed by atoms with Gasteiger partial charge in [-0.25, -0.2) is 0 Å². The number of rotatable bonds is 3. The molecule has 1 aromatic rings. The van der Waals surface area contributed by atoms with Crippen LogP contribution in [0.25, 0.3) is 0 Å². The van der Waals surface area contributed by atoms with Gasteiger partial charge in [0.05, 0.1) is 14.2 Å². The van der Waals surface area contributed by atoms with Gasteiger partial charge in [-0.1, -0.05) is 19.1 Å². The van der Waals surface area contributed by atoms with E-state index in [1.807, 2.05) is 12.1 Å². The van der Waals surface area contributed by atoms with E-state index in [1.54, 1.807) is 14.2 Å². The van der Waals surface area contributed by atoms with Crippen molar-refractivity contribution in [1.82, 2.24) is 5.32 Å². The highest BCUT2D eigenvalue weighted by atomic mass is 16.5. The molecule has 0 aliphatic carbocycles. The van der Waals surface area contributed by atoms with Crippen LogP contribution in [0.2, 0.25) is 0 Å². The smallest absolute Gasteiger partial charge is 0.165 e. The molecular weight excluding hydrogens is 202 g/mol. The van der Waals surface area contributed by atoms with Gasteiger partial charge in [-0.05, 0) is 24.9 Å². The van der Waals surface area contributed by atoms with E-state index in [4.69, 9.17) is 9.47 Å². The molecule has 3 heteroatoms. The zero-order valence-electron chi connectivity index (χ0n) is 10.1. The third-order valence-electron chi connectivity index (χ3n) is 3.16. The van der Waals surface area contributed by atoms with Gasteiger partial charge in [-0.2, -0.15) is 0 Å². The molecule has 2 rings (SSSR count). The Balaban J connectivity index is 2.32. The van der Waals surface area contributed by atoms with E-state index >= 15 is 0 Å². The maximum Gasteiger partial charge on any atom is 0.165 e. The number of hydrogen-bond donors (Lipinski definition) is 1. The van der Waals surface area contributed by atoms with Gasteiger partial charge < -0.3 is 14.8 Å². The molecular formula is C13H19NO2. The predicted molar refractivity (Wildman–Crippen MR) is 64.1 cm³/mol. The van der Waals surface area contributed by atoms with E-state index in [0.29, 0.717) is 6.04 Å². The fourth-order valence-corrected chi connectivity index (χ4v) is 2.34.